The summed E-state index contributed by atoms with van der Waals surface area (Å²) in [7, 11) is -1.79. The molecule has 0 saturated carbocycles. The van der Waals surface area contributed by atoms with E-state index in [-0.39, 0.29) is 111 Å². The summed E-state index contributed by atoms with van der Waals surface area (Å²) < 4.78 is 139. The molecule has 11 rings (SSSR count). The van der Waals surface area contributed by atoms with Gasteiger partial charge in [-0.3, -0.25) is 13.9 Å². The van der Waals surface area contributed by atoms with Crippen LogP contribution in [0.4, 0.5) is 0 Å². The van der Waals surface area contributed by atoms with Crippen molar-refractivity contribution in [1.29, 1.82) is 0 Å². The molecule has 23 heteroatoms. The molecule has 2 aliphatic heterocycles. The molecule has 9 aromatic rings. The van der Waals surface area contributed by atoms with Gasteiger partial charge in [-0.05, 0) is 70.8 Å². The van der Waals surface area contributed by atoms with Crippen molar-refractivity contribution < 1.29 is 104 Å². The van der Waals surface area contributed by atoms with Crippen molar-refractivity contribution in [1.82, 2.24) is 0 Å². The van der Waals surface area contributed by atoms with Crippen molar-refractivity contribution >= 4 is 19.3 Å². The highest BCUT2D eigenvalue weighted by Crippen LogP contribution is 2.63. The molecule has 0 spiro atoms. The van der Waals surface area contributed by atoms with Crippen LogP contribution in [0.2, 0.25) is 0 Å². The minimum Gasteiger partial charge on any atom is -0.456 e. The van der Waals surface area contributed by atoms with Gasteiger partial charge in [-0.2, -0.15) is 0 Å². The Kier molecular flexibility index (Phi) is 36.0. The molecule has 116 heavy (non-hydrogen) atoms. The molecule has 0 radical (unpaired) electrons. The smallest absolute Gasteiger partial charge is 0.362 e. The SMILES string of the molecule is COC1C(OCC(OCc2ccccc2)C(OCc2ccccc2)C(COC(C)(C)P(=O)(OCc2ccccc2)OC2C(COCc3ccccc3)OC(OCC(OCc3ccccc3)C(OCc3ccccc3)C(CO)OCc3ccccc3)C2OC)OCc2ccccc2)OC(COCc2ccccc2)C1OC(=O)CCC(C)=O. The molecular formula is C93H109O22P. The first kappa shape index (κ1) is 88.4. The number of esters is 1. The lowest BCUT2D eigenvalue weighted by Crippen LogP contribution is -2.49. The van der Waals surface area contributed by atoms with E-state index in [1.807, 2.05) is 273 Å². The first-order valence-electron chi connectivity index (χ1n) is 39.4. The fourth-order valence-electron chi connectivity index (χ4n) is 13.4. The number of carbonyl (C=O) groups is 2. The molecular weight excluding hydrogens is 1500 g/mol. The lowest BCUT2D eigenvalue weighted by atomic mass is 10.1. The van der Waals surface area contributed by atoms with Gasteiger partial charge in [0.15, 0.2) is 24.0 Å². The number of carbonyl (C=O) groups excluding carboxylic acids is 2. The summed E-state index contributed by atoms with van der Waals surface area (Å²) in [6.07, 6.45) is -15.0. The quantitative estimate of drug-likeness (QED) is 0.0275. The normalized spacial score (nSPS) is 20.3. The lowest BCUT2D eigenvalue weighted by Gasteiger charge is -2.39. The van der Waals surface area contributed by atoms with E-state index in [2.05, 4.69) is 0 Å². The molecule has 2 saturated heterocycles. The van der Waals surface area contributed by atoms with Gasteiger partial charge in [0.2, 0.25) is 0 Å². The number of rotatable bonds is 52. The fourth-order valence-corrected chi connectivity index (χ4v) is 15.1. The maximum Gasteiger partial charge on any atom is 0.362 e. The van der Waals surface area contributed by atoms with Gasteiger partial charge in [0.25, 0.3) is 0 Å². The third-order valence-electron chi connectivity index (χ3n) is 19.9. The summed E-state index contributed by atoms with van der Waals surface area (Å²) in [6, 6.07) is 86.5. The van der Waals surface area contributed by atoms with E-state index in [1.165, 1.54) is 21.1 Å². The predicted octanol–water partition coefficient (Wildman–Crippen LogP) is 15.3. The van der Waals surface area contributed by atoms with Gasteiger partial charge in [0, 0.05) is 20.6 Å². The Morgan fingerprint density at radius 2 is 0.690 bits per heavy atom. The summed E-state index contributed by atoms with van der Waals surface area (Å²) in [5.74, 6) is -0.788. The van der Waals surface area contributed by atoms with E-state index in [1.54, 1.807) is 13.8 Å². The van der Waals surface area contributed by atoms with Crippen LogP contribution < -0.4 is 0 Å². The van der Waals surface area contributed by atoms with Gasteiger partial charge in [0.1, 0.15) is 72.9 Å². The van der Waals surface area contributed by atoms with Crippen LogP contribution in [-0.4, -0.2) is 162 Å². The van der Waals surface area contributed by atoms with Crippen molar-refractivity contribution in [2.75, 3.05) is 53.9 Å². The van der Waals surface area contributed by atoms with E-state index in [9.17, 15) is 14.7 Å². The molecule has 0 aromatic heterocycles. The van der Waals surface area contributed by atoms with Crippen molar-refractivity contribution in [2.24, 2.45) is 0 Å². The first-order chi connectivity index (χ1) is 56.7. The minimum absolute atomic E-state index is 0.0160. The van der Waals surface area contributed by atoms with Gasteiger partial charge in [-0.15, -0.1) is 0 Å². The monoisotopic (exact) mass is 1610 g/mol. The number of ether oxygens (including phenoxy) is 16. The van der Waals surface area contributed by atoms with Crippen LogP contribution in [0.25, 0.3) is 0 Å². The molecule has 2 heterocycles. The summed E-state index contributed by atoms with van der Waals surface area (Å²) in [6.45, 7) is 4.17. The highest BCUT2D eigenvalue weighted by Gasteiger charge is 2.56. The summed E-state index contributed by atoms with van der Waals surface area (Å²) in [5, 5.41) is 9.44. The molecule has 22 nitrogen and oxygen atoms in total. The van der Waals surface area contributed by atoms with Crippen LogP contribution in [0.15, 0.2) is 273 Å². The van der Waals surface area contributed by atoms with E-state index >= 15 is 4.57 Å². The lowest BCUT2D eigenvalue weighted by molar-refractivity contribution is -0.222. The van der Waals surface area contributed by atoms with E-state index in [0.29, 0.717) is 5.56 Å². The van der Waals surface area contributed by atoms with Gasteiger partial charge in [0.05, 0.1) is 106 Å². The molecule has 1 N–H and O–H groups in total. The highest BCUT2D eigenvalue weighted by atomic mass is 31.2. The molecule has 0 aliphatic carbocycles. The van der Waals surface area contributed by atoms with Crippen LogP contribution in [0.3, 0.4) is 0 Å². The van der Waals surface area contributed by atoms with Crippen LogP contribution in [0.5, 0.6) is 0 Å². The minimum atomic E-state index is -4.75. The predicted molar refractivity (Wildman–Crippen MR) is 434 cm³/mol. The number of methoxy groups -OCH3 is 2. The molecule has 0 bridgehead atoms. The highest BCUT2D eigenvalue weighted by molar-refractivity contribution is 7.55. The molecule has 0 amide bonds. The maximum absolute atomic E-state index is 17.1. The van der Waals surface area contributed by atoms with E-state index < -0.39 is 111 Å². The number of benzene rings is 9. The van der Waals surface area contributed by atoms with Gasteiger partial charge in [-0.1, -0.05) is 273 Å². The second-order valence-corrected chi connectivity index (χ2v) is 31.5. The van der Waals surface area contributed by atoms with Crippen LogP contribution in [0.1, 0.15) is 83.7 Å². The first-order valence-corrected chi connectivity index (χ1v) is 40.9. The fraction of sp³-hybridized carbons (Fsp3) is 0.398. The van der Waals surface area contributed by atoms with Crippen LogP contribution in [-0.2, 0) is 158 Å². The number of Topliss-reactive ketones (excluding diaryl/α,β-unsaturated/α-hetero) is 1. The number of hydrogen-bond acceptors (Lipinski definition) is 22. The van der Waals surface area contributed by atoms with E-state index in [0.717, 1.165) is 44.5 Å². The van der Waals surface area contributed by atoms with Gasteiger partial charge in [-0.25, -0.2) is 0 Å². The molecule has 2 fully saturated rings. The topological polar surface area (TPSA) is 238 Å². The number of aliphatic hydroxyl groups excluding tert-OH is 1. The van der Waals surface area contributed by atoms with Gasteiger partial charge >= 0.3 is 13.6 Å². The molecule has 2 aliphatic rings. The zero-order valence-electron chi connectivity index (χ0n) is 66.6. The van der Waals surface area contributed by atoms with Crippen LogP contribution in [0, 0.1) is 0 Å². The van der Waals surface area contributed by atoms with Gasteiger partial charge < -0.3 is 90.2 Å². The van der Waals surface area contributed by atoms with E-state index in [4.69, 9.17) is 84.8 Å². The molecule has 15 unspecified atom stereocenters. The second-order valence-electron chi connectivity index (χ2n) is 28.9. The zero-order chi connectivity index (χ0) is 81.0. The zero-order valence-corrected chi connectivity index (χ0v) is 67.4. The maximum atomic E-state index is 17.1. The standard InChI is InChI=1S/C93H109O22P/c1-68(95)51-52-84(96)114-87-82(63-100-54-69-33-15-6-16-34-69)112-91(89(87)98-4)108-66-80(104-58-73-41-23-10-24-42-73)86(107-61-76-47-29-13-30-48-76)81(105-59-74-43-25-11-26-44-74)67-110-93(2,3)116(97,111-62-77-49-31-14-32-50-77)115-88-83(64-101-55-70-35-17-7-18-36-70)113-92(90(88)99-5)109-65-79(103-57-72-39-21-9-22-40-72)85(106-60-75-45-27-12-28-46-75)78(53-94)102-56-71-37-19-8-20-38-71/h6-50,78-83,85-92,94H,51-67H2,1-5H3. The van der Waals surface area contributed by atoms with Crippen molar-refractivity contribution in [2.45, 2.75) is 184 Å². The largest absolute Gasteiger partial charge is 0.456 e. The summed E-state index contributed by atoms with van der Waals surface area (Å²) in [5.41, 5.74) is 7.61. The molecule has 618 valence electrons. The average molecular weight is 1610 g/mol. The Balaban J connectivity index is 0.926. The Hall–Kier alpha value is -8.37. The van der Waals surface area contributed by atoms with Crippen molar-refractivity contribution in [3.63, 3.8) is 0 Å². The van der Waals surface area contributed by atoms with Crippen LogP contribution >= 0.6 is 7.60 Å². The Bertz CT molecular complexity index is 4250. The number of ketones is 1. The third-order valence-corrected chi connectivity index (χ3v) is 22.3. The summed E-state index contributed by atoms with van der Waals surface area (Å²) >= 11 is 0. The van der Waals surface area contributed by atoms with Crippen molar-refractivity contribution in [3.05, 3.63) is 323 Å². The Morgan fingerprint density at radius 3 is 1.03 bits per heavy atom. The molecule has 9 aromatic carbocycles. The average Bonchev–Trinajstić information content (AvgIpc) is 1.22. The number of hydrogen-bond donors (Lipinski definition) is 1. The number of aliphatic hydroxyl groups is 1. The Labute approximate surface area is 681 Å². The third kappa shape index (κ3) is 27.6. The second kappa shape index (κ2) is 47.3. The van der Waals surface area contributed by atoms with Crippen molar-refractivity contribution in [3.8, 4) is 0 Å². The summed E-state index contributed by atoms with van der Waals surface area (Å²) in [4.78, 5) is 25.7. The molecule has 15 atom stereocenters. The Morgan fingerprint density at radius 1 is 0.388 bits per heavy atom.